The number of anilines is 1. The number of carbonyl (C=O) groups is 2. The van der Waals surface area contributed by atoms with E-state index in [1.807, 2.05) is 35.2 Å². The van der Waals surface area contributed by atoms with Gasteiger partial charge >= 0.3 is 5.97 Å². The number of methoxy groups -OCH3 is 1. The predicted octanol–water partition coefficient (Wildman–Crippen LogP) is 5.27. The molecule has 4 aromatic rings. The van der Waals surface area contributed by atoms with E-state index in [1.54, 1.807) is 30.5 Å². The topological polar surface area (TPSA) is 96.7 Å². The minimum absolute atomic E-state index is 0.128. The largest absolute Gasteiger partial charge is 0.465 e. The highest BCUT2D eigenvalue weighted by molar-refractivity contribution is 7.80. The molecule has 39 heavy (non-hydrogen) atoms. The Kier molecular flexibility index (Phi) is 7.64. The molecule has 2 aromatic carbocycles. The zero-order chi connectivity index (χ0) is 27.4. The van der Waals surface area contributed by atoms with Crippen molar-refractivity contribution in [3.8, 4) is 11.3 Å². The van der Waals surface area contributed by atoms with Crippen LogP contribution in [0.5, 0.6) is 0 Å². The summed E-state index contributed by atoms with van der Waals surface area (Å²) < 4.78 is 24.5. The number of esters is 1. The van der Waals surface area contributed by atoms with E-state index in [4.69, 9.17) is 21.4 Å². The fourth-order valence-electron chi connectivity index (χ4n) is 4.58. The zero-order valence-electron chi connectivity index (χ0n) is 21.0. The molecule has 1 saturated heterocycles. The van der Waals surface area contributed by atoms with Gasteiger partial charge in [0.25, 0.3) is 0 Å². The third-order valence-corrected chi connectivity index (χ3v) is 6.77. The standard InChI is InChI=1S/C29H25FN4O4S/c1-37-28(36)21-7-3-2-6-20(21)23-13-14-24(38-23)27-26(22-8-4-5-16-31-22)33-29(39)34(27)17-15-25(35)32-19-11-9-18(30)10-12-19/h2-14,16,26-27H,15,17H2,1H3,(H,32,35)(H,33,39)/t26-,27+/m0/s1. The SMILES string of the molecule is COC(=O)c1ccccc1-c1ccc([C@@H]2[C@H](c3ccccn3)NC(=S)N2CCC(=O)Nc2ccc(F)cc2)o1. The molecular weight excluding hydrogens is 519 g/mol. The third kappa shape index (κ3) is 5.65. The Labute approximate surface area is 229 Å². The van der Waals surface area contributed by atoms with Crippen LogP contribution in [0, 0.1) is 5.82 Å². The van der Waals surface area contributed by atoms with Gasteiger partial charge in [0.2, 0.25) is 5.91 Å². The summed E-state index contributed by atoms with van der Waals surface area (Å²) in [4.78, 5) is 31.4. The summed E-state index contributed by atoms with van der Waals surface area (Å²) in [5.41, 5.74) is 2.25. The Hall–Kier alpha value is -4.57. The maximum Gasteiger partial charge on any atom is 0.338 e. The maximum atomic E-state index is 13.2. The quantitative estimate of drug-likeness (QED) is 0.229. The van der Waals surface area contributed by atoms with Crippen molar-refractivity contribution < 1.29 is 23.1 Å². The molecule has 1 fully saturated rings. The first kappa shape index (κ1) is 26.1. The molecule has 0 radical (unpaired) electrons. The number of amides is 1. The van der Waals surface area contributed by atoms with Gasteiger partial charge in [-0.3, -0.25) is 9.78 Å². The first-order valence-corrected chi connectivity index (χ1v) is 12.7. The molecule has 5 rings (SSSR count). The summed E-state index contributed by atoms with van der Waals surface area (Å²) in [6.07, 6.45) is 1.83. The number of ether oxygens (including phenoxy) is 1. The van der Waals surface area contributed by atoms with Crippen molar-refractivity contribution in [2.24, 2.45) is 0 Å². The van der Waals surface area contributed by atoms with Gasteiger partial charge in [0.05, 0.1) is 24.4 Å². The lowest BCUT2D eigenvalue weighted by atomic mass is 10.0. The van der Waals surface area contributed by atoms with Crippen molar-refractivity contribution in [2.45, 2.75) is 18.5 Å². The Morgan fingerprint density at radius 2 is 1.85 bits per heavy atom. The number of hydrogen-bond acceptors (Lipinski definition) is 6. The van der Waals surface area contributed by atoms with Crippen molar-refractivity contribution in [2.75, 3.05) is 19.0 Å². The van der Waals surface area contributed by atoms with E-state index in [0.717, 1.165) is 5.69 Å². The van der Waals surface area contributed by atoms with Crippen LogP contribution in [0.3, 0.4) is 0 Å². The summed E-state index contributed by atoms with van der Waals surface area (Å²) in [6, 6.07) is 21.1. The molecule has 2 atom stereocenters. The van der Waals surface area contributed by atoms with E-state index in [-0.39, 0.29) is 24.2 Å². The molecule has 0 unspecified atom stereocenters. The lowest BCUT2D eigenvalue weighted by molar-refractivity contribution is -0.116. The Balaban J connectivity index is 1.42. The number of halogens is 1. The Morgan fingerprint density at radius 1 is 1.08 bits per heavy atom. The normalized spacial score (nSPS) is 16.6. The van der Waals surface area contributed by atoms with Crippen LogP contribution in [0.25, 0.3) is 11.3 Å². The van der Waals surface area contributed by atoms with Crippen LogP contribution in [0.4, 0.5) is 10.1 Å². The number of aromatic nitrogens is 1. The number of nitrogens with one attached hydrogen (secondary N) is 2. The van der Waals surface area contributed by atoms with E-state index in [9.17, 15) is 14.0 Å². The highest BCUT2D eigenvalue weighted by atomic mass is 32.1. The maximum absolute atomic E-state index is 13.2. The van der Waals surface area contributed by atoms with Crippen molar-refractivity contribution in [3.05, 3.63) is 108 Å². The van der Waals surface area contributed by atoms with Crippen LogP contribution in [0.1, 0.15) is 40.3 Å². The molecule has 198 valence electrons. The lowest BCUT2D eigenvalue weighted by Gasteiger charge is -2.25. The van der Waals surface area contributed by atoms with Gasteiger partial charge in [0.15, 0.2) is 5.11 Å². The Bertz CT molecular complexity index is 1490. The first-order chi connectivity index (χ1) is 18.9. The number of hydrogen-bond donors (Lipinski definition) is 2. The summed E-state index contributed by atoms with van der Waals surface area (Å²) >= 11 is 5.67. The molecule has 10 heteroatoms. The average Bonchev–Trinajstić information content (AvgIpc) is 3.57. The molecule has 2 aromatic heterocycles. The number of thiocarbonyl (C=S) groups is 1. The van der Waals surface area contributed by atoms with Crippen LogP contribution < -0.4 is 10.6 Å². The summed E-state index contributed by atoms with van der Waals surface area (Å²) in [5, 5.41) is 6.56. The zero-order valence-corrected chi connectivity index (χ0v) is 21.8. The summed E-state index contributed by atoms with van der Waals surface area (Å²) in [6.45, 7) is 0.293. The molecule has 8 nitrogen and oxygen atoms in total. The molecule has 3 heterocycles. The van der Waals surface area contributed by atoms with Crippen LogP contribution in [-0.4, -0.2) is 40.5 Å². The minimum Gasteiger partial charge on any atom is -0.465 e. The van der Waals surface area contributed by atoms with E-state index >= 15 is 0 Å². The fourth-order valence-corrected chi connectivity index (χ4v) is 4.91. The van der Waals surface area contributed by atoms with E-state index in [1.165, 1.54) is 31.4 Å². The minimum atomic E-state index is -0.465. The van der Waals surface area contributed by atoms with E-state index in [2.05, 4.69) is 15.6 Å². The van der Waals surface area contributed by atoms with Crippen LogP contribution in [0.15, 0.2) is 89.5 Å². The van der Waals surface area contributed by atoms with Gasteiger partial charge in [0, 0.05) is 30.4 Å². The number of nitrogens with zero attached hydrogens (tertiary/aromatic N) is 2. The van der Waals surface area contributed by atoms with Crippen molar-refractivity contribution >= 4 is 34.9 Å². The predicted molar refractivity (Wildman–Crippen MR) is 147 cm³/mol. The summed E-state index contributed by atoms with van der Waals surface area (Å²) in [5.74, 6) is 0.00475. The first-order valence-electron chi connectivity index (χ1n) is 12.3. The number of pyridine rings is 1. The van der Waals surface area contributed by atoms with Gasteiger partial charge in [-0.1, -0.05) is 24.3 Å². The highest BCUT2D eigenvalue weighted by Crippen LogP contribution is 2.41. The molecule has 0 aliphatic carbocycles. The fraction of sp³-hybridized carbons (Fsp3) is 0.172. The third-order valence-electron chi connectivity index (χ3n) is 6.42. The summed E-state index contributed by atoms with van der Waals surface area (Å²) in [7, 11) is 1.33. The van der Waals surface area contributed by atoms with Gasteiger partial charge in [-0.25, -0.2) is 9.18 Å². The van der Waals surface area contributed by atoms with Gasteiger partial charge in [-0.2, -0.15) is 0 Å². The van der Waals surface area contributed by atoms with E-state index < -0.39 is 12.0 Å². The molecule has 0 spiro atoms. The van der Waals surface area contributed by atoms with Gasteiger partial charge in [-0.05, 0) is 66.8 Å². The molecule has 1 aliphatic rings. The Morgan fingerprint density at radius 3 is 2.59 bits per heavy atom. The van der Waals surface area contributed by atoms with Gasteiger partial charge < -0.3 is 24.7 Å². The van der Waals surface area contributed by atoms with Crippen LogP contribution in [-0.2, 0) is 9.53 Å². The second-order valence-electron chi connectivity index (χ2n) is 8.86. The number of rotatable bonds is 8. The van der Waals surface area contributed by atoms with Crippen molar-refractivity contribution in [3.63, 3.8) is 0 Å². The monoisotopic (exact) mass is 544 g/mol. The molecule has 1 amide bonds. The van der Waals surface area contributed by atoms with Gasteiger partial charge in [-0.15, -0.1) is 0 Å². The van der Waals surface area contributed by atoms with E-state index in [0.29, 0.717) is 40.0 Å². The van der Waals surface area contributed by atoms with Crippen molar-refractivity contribution in [1.29, 1.82) is 0 Å². The lowest BCUT2D eigenvalue weighted by Crippen LogP contribution is -2.32. The second-order valence-corrected chi connectivity index (χ2v) is 9.25. The molecule has 0 bridgehead atoms. The van der Waals surface area contributed by atoms with Crippen molar-refractivity contribution in [1.82, 2.24) is 15.2 Å². The molecule has 1 aliphatic heterocycles. The molecule has 0 saturated carbocycles. The second kappa shape index (κ2) is 11.4. The number of carbonyl (C=O) groups excluding carboxylic acids is 2. The smallest absolute Gasteiger partial charge is 0.338 e. The number of benzene rings is 2. The van der Waals surface area contributed by atoms with Crippen LogP contribution in [0.2, 0.25) is 0 Å². The highest BCUT2D eigenvalue weighted by Gasteiger charge is 2.41. The van der Waals surface area contributed by atoms with Gasteiger partial charge in [0.1, 0.15) is 23.4 Å². The average molecular weight is 545 g/mol. The number of furan rings is 1. The molecule has 2 N–H and O–H groups in total. The van der Waals surface area contributed by atoms with Crippen LogP contribution >= 0.6 is 12.2 Å². The molecular formula is C29H25FN4O4S.